The topological polar surface area (TPSA) is 93.8 Å². The Bertz CT molecular complexity index is 1190. The normalized spacial score (nSPS) is 10.8. The minimum absolute atomic E-state index is 0.100. The minimum atomic E-state index is -0.516. The van der Waals surface area contributed by atoms with E-state index in [0.717, 1.165) is 14.7 Å². The molecule has 10 heteroatoms. The van der Waals surface area contributed by atoms with Crippen LogP contribution in [-0.2, 0) is 17.8 Å². The molecule has 1 amide bonds. The second-order valence-electron chi connectivity index (χ2n) is 6.57. The molecule has 0 bridgehead atoms. The molecule has 0 fully saturated rings. The van der Waals surface area contributed by atoms with E-state index in [1.807, 2.05) is 12.1 Å². The van der Waals surface area contributed by atoms with Crippen LogP contribution < -0.4 is 10.2 Å². The van der Waals surface area contributed by atoms with Gasteiger partial charge in [0.05, 0.1) is 21.1 Å². The molecule has 0 saturated carbocycles. The van der Waals surface area contributed by atoms with E-state index in [-0.39, 0.29) is 12.1 Å². The second-order valence-corrected chi connectivity index (χ2v) is 8.58. The number of nitrogens with zero attached hydrogens (tertiary/aromatic N) is 2. The van der Waals surface area contributed by atoms with E-state index in [1.165, 1.54) is 12.3 Å². The Morgan fingerprint density at radius 2 is 1.91 bits per heavy atom. The number of hydrogen-bond donors (Lipinski definition) is 1. The molecule has 1 N–H and O–H groups in total. The predicted octanol–water partition coefficient (Wildman–Crippen LogP) is 5.78. The molecule has 3 aromatic rings. The number of carbonyl (C=O) groups is 1. The standard InChI is InChI=1S/C22H16Cl2IN3O4/c23-17-7-6-16(18(24)11-17)13-32-21-8-5-14(9-19(21)25)12-26-27-22(29)10-15-3-1-2-4-20(15)28(30)31/h1-9,11-12H,10,13H2,(H,27,29)/b26-12+. The molecule has 0 heterocycles. The number of rotatable bonds is 8. The molecule has 3 aromatic carbocycles. The Labute approximate surface area is 207 Å². The van der Waals surface area contributed by atoms with Crippen molar-refractivity contribution in [2.75, 3.05) is 0 Å². The van der Waals surface area contributed by atoms with E-state index in [0.29, 0.717) is 28.0 Å². The lowest BCUT2D eigenvalue weighted by atomic mass is 10.1. The lowest BCUT2D eigenvalue weighted by molar-refractivity contribution is -0.385. The van der Waals surface area contributed by atoms with Crippen LogP contribution >= 0.6 is 45.8 Å². The zero-order chi connectivity index (χ0) is 23.1. The molecular formula is C22H16Cl2IN3O4. The maximum absolute atomic E-state index is 12.1. The lowest BCUT2D eigenvalue weighted by Crippen LogP contribution is -2.20. The number of para-hydroxylation sites is 1. The van der Waals surface area contributed by atoms with Crippen LogP contribution in [0.1, 0.15) is 16.7 Å². The number of nitro benzene ring substituents is 1. The molecule has 0 spiro atoms. The summed E-state index contributed by atoms with van der Waals surface area (Å²) in [7, 11) is 0. The first-order chi connectivity index (χ1) is 15.3. The van der Waals surface area contributed by atoms with Crippen LogP contribution in [0, 0.1) is 13.7 Å². The molecule has 0 aliphatic rings. The summed E-state index contributed by atoms with van der Waals surface area (Å²) in [6, 6.07) is 16.8. The van der Waals surface area contributed by atoms with Gasteiger partial charge in [-0.3, -0.25) is 14.9 Å². The van der Waals surface area contributed by atoms with Crippen molar-refractivity contribution in [3.63, 3.8) is 0 Å². The molecule has 0 unspecified atom stereocenters. The van der Waals surface area contributed by atoms with E-state index in [2.05, 4.69) is 33.1 Å². The molecule has 0 saturated heterocycles. The Hall–Kier alpha value is -2.69. The number of nitrogens with one attached hydrogen (secondary N) is 1. The van der Waals surface area contributed by atoms with Crippen LogP contribution in [0.5, 0.6) is 5.75 Å². The van der Waals surface area contributed by atoms with Crippen LogP contribution in [0.15, 0.2) is 65.8 Å². The highest BCUT2D eigenvalue weighted by atomic mass is 127. The van der Waals surface area contributed by atoms with Crippen LogP contribution in [0.4, 0.5) is 5.69 Å². The number of carbonyl (C=O) groups excluding carboxylic acids is 1. The number of nitro groups is 1. The largest absolute Gasteiger partial charge is 0.488 e. The predicted molar refractivity (Wildman–Crippen MR) is 132 cm³/mol. The summed E-state index contributed by atoms with van der Waals surface area (Å²) in [5.41, 5.74) is 4.17. The average Bonchev–Trinajstić information content (AvgIpc) is 2.74. The van der Waals surface area contributed by atoms with Crippen molar-refractivity contribution in [2.45, 2.75) is 13.0 Å². The quantitative estimate of drug-likeness (QED) is 0.157. The van der Waals surface area contributed by atoms with E-state index < -0.39 is 10.8 Å². The molecule has 0 radical (unpaired) electrons. The third-order valence-corrected chi connectivity index (χ3v) is 5.73. The fourth-order valence-electron chi connectivity index (χ4n) is 2.74. The third kappa shape index (κ3) is 6.65. The molecule has 7 nitrogen and oxygen atoms in total. The highest BCUT2D eigenvalue weighted by Crippen LogP contribution is 2.26. The summed E-state index contributed by atoms with van der Waals surface area (Å²) in [5.74, 6) is 0.222. The third-order valence-electron chi connectivity index (χ3n) is 4.30. The summed E-state index contributed by atoms with van der Waals surface area (Å²) in [6.07, 6.45) is 1.34. The van der Waals surface area contributed by atoms with Gasteiger partial charge in [-0.15, -0.1) is 0 Å². The van der Waals surface area contributed by atoms with Crippen molar-refractivity contribution in [2.24, 2.45) is 5.10 Å². The summed E-state index contributed by atoms with van der Waals surface area (Å²) < 4.78 is 6.68. The Morgan fingerprint density at radius 3 is 2.62 bits per heavy atom. The number of halogens is 3. The molecule has 164 valence electrons. The van der Waals surface area contributed by atoms with Gasteiger partial charge in [0.1, 0.15) is 12.4 Å². The van der Waals surface area contributed by atoms with Crippen molar-refractivity contribution < 1.29 is 14.5 Å². The minimum Gasteiger partial charge on any atom is -0.488 e. The van der Waals surface area contributed by atoms with Gasteiger partial charge in [0.15, 0.2) is 0 Å². The Morgan fingerprint density at radius 1 is 1.12 bits per heavy atom. The van der Waals surface area contributed by atoms with E-state index in [9.17, 15) is 14.9 Å². The van der Waals surface area contributed by atoms with Gasteiger partial charge >= 0.3 is 0 Å². The number of ether oxygens (including phenoxy) is 1. The molecule has 0 aliphatic carbocycles. The Balaban J connectivity index is 1.57. The van der Waals surface area contributed by atoms with Gasteiger partial charge in [0.2, 0.25) is 5.91 Å². The first-order valence-electron chi connectivity index (χ1n) is 9.24. The van der Waals surface area contributed by atoms with Crippen molar-refractivity contribution in [1.29, 1.82) is 0 Å². The molecule has 3 rings (SSSR count). The van der Waals surface area contributed by atoms with Crippen LogP contribution in [-0.4, -0.2) is 17.0 Å². The van der Waals surface area contributed by atoms with E-state index in [1.54, 1.807) is 42.5 Å². The molecule has 0 aliphatic heterocycles. The highest BCUT2D eigenvalue weighted by Gasteiger charge is 2.15. The number of amides is 1. The van der Waals surface area contributed by atoms with Gasteiger partial charge in [0.25, 0.3) is 5.69 Å². The summed E-state index contributed by atoms with van der Waals surface area (Å²) in [4.78, 5) is 22.6. The van der Waals surface area contributed by atoms with Gasteiger partial charge < -0.3 is 4.74 Å². The SMILES string of the molecule is O=C(Cc1ccccc1[N+](=O)[O-])N/N=C/c1ccc(OCc2ccc(Cl)cc2Cl)c(I)c1. The van der Waals surface area contributed by atoms with Crippen molar-refractivity contribution in [1.82, 2.24) is 5.43 Å². The van der Waals surface area contributed by atoms with Crippen molar-refractivity contribution in [3.8, 4) is 5.75 Å². The van der Waals surface area contributed by atoms with Crippen LogP contribution in [0.25, 0.3) is 0 Å². The highest BCUT2D eigenvalue weighted by molar-refractivity contribution is 14.1. The van der Waals surface area contributed by atoms with Gasteiger partial charge in [-0.1, -0.05) is 47.5 Å². The molecule has 0 atom stereocenters. The van der Waals surface area contributed by atoms with E-state index in [4.69, 9.17) is 27.9 Å². The van der Waals surface area contributed by atoms with Crippen molar-refractivity contribution >= 4 is 63.6 Å². The number of hydrogen-bond acceptors (Lipinski definition) is 5. The van der Waals surface area contributed by atoms with E-state index >= 15 is 0 Å². The Kier molecular flexibility index (Phi) is 8.43. The fraction of sp³-hybridized carbons (Fsp3) is 0.0909. The number of benzene rings is 3. The van der Waals surface area contributed by atoms with Gasteiger partial charge in [0, 0.05) is 27.2 Å². The smallest absolute Gasteiger partial charge is 0.273 e. The maximum Gasteiger partial charge on any atom is 0.273 e. The first-order valence-corrected chi connectivity index (χ1v) is 11.1. The van der Waals surface area contributed by atoms with Gasteiger partial charge in [-0.25, -0.2) is 5.43 Å². The van der Waals surface area contributed by atoms with Crippen molar-refractivity contribution in [3.05, 3.63) is 101 Å². The number of hydrazone groups is 1. The lowest BCUT2D eigenvalue weighted by Gasteiger charge is -2.10. The zero-order valence-corrected chi connectivity index (χ0v) is 20.1. The summed E-state index contributed by atoms with van der Waals surface area (Å²) >= 11 is 14.2. The fourth-order valence-corrected chi connectivity index (χ4v) is 3.90. The monoisotopic (exact) mass is 583 g/mol. The van der Waals surface area contributed by atoms with Crippen LogP contribution in [0.2, 0.25) is 10.0 Å². The molecule has 32 heavy (non-hydrogen) atoms. The summed E-state index contributed by atoms with van der Waals surface area (Å²) in [6.45, 7) is 0.293. The zero-order valence-electron chi connectivity index (χ0n) is 16.4. The van der Waals surface area contributed by atoms with Gasteiger partial charge in [-0.05, 0) is 58.5 Å². The average molecular weight is 584 g/mol. The first kappa shape index (κ1) is 24.0. The summed E-state index contributed by atoms with van der Waals surface area (Å²) in [5, 5.41) is 16.1. The van der Waals surface area contributed by atoms with Gasteiger partial charge in [-0.2, -0.15) is 5.10 Å². The van der Waals surface area contributed by atoms with Crippen LogP contribution in [0.3, 0.4) is 0 Å². The molecular weight excluding hydrogens is 568 g/mol. The molecule has 0 aromatic heterocycles. The second kappa shape index (κ2) is 11.3. The maximum atomic E-state index is 12.1.